The molecule has 0 aliphatic heterocycles. The topological polar surface area (TPSA) is 173 Å². The van der Waals surface area contributed by atoms with Gasteiger partial charge in [-0.05, 0) is 69.5 Å². The first-order chi connectivity index (χ1) is 25.1. The number of nitrogens with one attached hydrogen (secondary N) is 3. The zero-order valence-electron chi connectivity index (χ0n) is 31.2. The molecule has 0 radical (unpaired) electrons. The van der Waals surface area contributed by atoms with E-state index in [0.717, 1.165) is 5.01 Å². The van der Waals surface area contributed by atoms with Crippen LogP contribution in [0.5, 0.6) is 5.75 Å². The van der Waals surface area contributed by atoms with Crippen LogP contribution in [0, 0.1) is 12.8 Å². The smallest absolute Gasteiger partial charge is 0.508 e. The lowest BCUT2D eigenvalue weighted by molar-refractivity contribution is -0.147. The number of rotatable bonds is 15. The fourth-order valence-electron chi connectivity index (χ4n) is 5.01. The van der Waals surface area contributed by atoms with Crippen molar-refractivity contribution in [1.82, 2.24) is 21.1 Å². The number of hydrazine groups is 1. The minimum Gasteiger partial charge on any atom is -0.508 e. The molecule has 0 aliphatic rings. The minimum absolute atomic E-state index is 0.00232. The maximum atomic E-state index is 14.8. The number of aromatic hydroxyl groups is 1. The van der Waals surface area contributed by atoms with Crippen LogP contribution in [0.3, 0.4) is 0 Å². The molecule has 0 heterocycles. The molecule has 0 bridgehead atoms. The van der Waals surface area contributed by atoms with Crippen molar-refractivity contribution in [3.05, 3.63) is 101 Å². The highest BCUT2D eigenvalue weighted by Crippen LogP contribution is 2.21. The summed E-state index contributed by atoms with van der Waals surface area (Å²) in [7, 11) is 0. The van der Waals surface area contributed by atoms with E-state index < -0.39 is 53.8 Å². The van der Waals surface area contributed by atoms with Gasteiger partial charge in [-0.3, -0.25) is 19.8 Å². The Kier molecular flexibility index (Phi) is 16.0. The SMILES string of the molecule is CSC[C@H](NC(=O)OC(C)(C)C)C(=O)N[C@@H](Cc1ccccc1)[C@H](OC(=O)OCC(C)C)C(=O)N(Cc1ccccc1)NC(=O)c1cccc(O)c1C. The highest BCUT2D eigenvalue weighted by molar-refractivity contribution is 7.98. The third-order valence-electron chi connectivity index (χ3n) is 7.57. The number of alkyl carbamates (subject to hydrolysis) is 1. The number of amides is 4. The van der Waals surface area contributed by atoms with E-state index in [2.05, 4.69) is 16.1 Å². The molecule has 0 unspecified atom stereocenters. The van der Waals surface area contributed by atoms with Crippen molar-refractivity contribution in [2.75, 3.05) is 18.6 Å². The number of thioether (sulfide) groups is 1. The van der Waals surface area contributed by atoms with E-state index >= 15 is 0 Å². The maximum Gasteiger partial charge on any atom is 0.509 e. The fourth-order valence-corrected chi connectivity index (χ4v) is 5.57. The lowest BCUT2D eigenvalue weighted by Gasteiger charge is -2.33. The molecule has 0 saturated carbocycles. The normalized spacial score (nSPS) is 12.8. The first kappa shape index (κ1) is 42.2. The second-order valence-electron chi connectivity index (χ2n) is 13.8. The third-order valence-corrected chi connectivity index (χ3v) is 8.24. The van der Waals surface area contributed by atoms with Gasteiger partial charge in [0.2, 0.25) is 12.0 Å². The first-order valence-corrected chi connectivity index (χ1v) is 18.6. The summed E-state index contributed by atoms with van der Waals surface area (Å²) in [4.78, 5) is 68.4. The van der Waals surface area contributed by atoms with E-state index in [1.54, 1.807) is 94.6 Å². The zero-order chi connectivity index (χ0) is 39.1. The van der Waals surface area contributed by atoms with Gasteiger partial charge in [-0.1, -0.05) is 80.6 Å². The van der Waals surface area contributed by atoms with Crippen LogP contribution in [0.4, 0.5) is 9.59 Å². The molecule has 0 fully saturated rings. The van der Waals surface area contributed by atoms with Crippen LogP contribution in [0.25, 0.3) is 0 Å². The number of benzene rings is 3. The van der Waals surface area contributed by atoms with E-state index in [1.165, 1.54) is 30.0 Å². The fraction of sp³-hybridized carbons (Fsp3) is 0.410. The highest BCUT2D eigenvalue weighted by Gasteiger charge is 2.39. The van der Waals surface area contributed by atoms with Crippen molar-refractivity contribution < 1.29 is 43.3 Å². The van der Waals surface area contributed by atoms with Crippen LogP contribution in [-0.4, -0.2) is 82.5 Å². The van der Waals surface area contributed by atoms with Gasteiger partial charge in [-0.15, -0.1) is 0 Å². The number of carbonyl (C=O) groups excluding carboxylic acids is 5. The van der Waals surface area contributed by atoms with Gasteiger partial charge in [0.05, 0.1) is 19.2 Å². The first-order valence-electron chi connectivity index (χ1n) is 17.2. The summed E-state index contributed by atoms with van der Waals surface area (Å²) in [5.41, 5.74) is 3.50. The molecule has 13 nitrogen and oxygen atoms in total. The molecular weight excluding hydrogens is 701 g/mol. The molecule has 3 aromatic carbocycles. The second kappa shape index (κ2) is 20.1. The summed E-state index contributed by atoms with van der Waals surface area (Å²) in [6.07, 6.45) is -1.96. The number of hydrogen-bond acceptors (Lipinski definition) is 10. The van der Waals surface area contributed by atoms with Crippen LogP contribution in [0.1, 0.15) is 61.7 Å². The van der Waals surface area contributed by atoms with Crippen molar-refractivity contribution in [1.29, 1.82) is 0 Å². The van der Waals surface area contributed by atoms with Crippen molar-refractivity contribution in [3.63, 3.8) is 0 Å². The minimum atomic E-state index is -1.75. The summed E-state index contributed by atoms with van der Waals surface area (Å²) in [5.74, 6) is -2.28. The third kappa shape index (κ3) is 14.0. The van der Waals surface area contributed by atoms with E-state index in [4.69, 9.17) is 14.2 Å². The molecule has 4 N–H and O–H groups in total. The van der Waals surface area contributed by atoms with Gasteiger partial charge in [-0.2, -0.15) is 11.8 Å². The lowest BCUT2D eigenvalue weighted by atomic mass is 9.99. The second-order valence-corrected chi connectivity index (χ2v) is 14.7. The van der Waals surface area contributed by atoms with Crippen molar-refractivity contribution >= 4 is 41.7 Å². The van der Waals surface area contributed by atoms with Gasteiger partial charge in [0.25, 0.3) is 11.8 Å². The van der Waals surface area contributed by atoms with Gasteiger partial charge < -0.3 is 30.0 Å². The summed E-state index contributed by atoms with van der Waals surface area (Å²) < 4.78 is 16.5. The Balaban J connectivity index is 2.10. The van der Waals surface area contributed by atoms with Crippen molar-refractivity contribution in [2.45, 2.75) is 78.3 Å². The molecule has 0 saturated heterocycles. The van der Waals surface area contributed by atoms with Gasteiger partial charge >= 0.3 is 12.2 Å². The van der Waals surface area contributed by atoms with E-state index in [-0.39, 0.29) is 48.1 Å². The molecule has 3 rings (SSSR count). The molecule has 3 atom stereocenters. The van der Waals surface area contributed by atoms with Crippen molar-refractivity contribution in [2.24, 2.45) is 5.92 Å². The Morgan fingerprint density at radius 2 is 1.49 bits per heavy atom. The quantitative estimate of drug-likeness (QED) is 0.114. The van der Waals surface area contributed by atoms with Gasteiger partial charge in [-0.25, -0.2) is 14.6 Å². The van der Waals surface area contributed by atoms with Crippen LogP contribution in [0.2, 0.25) is 0 Å². The van der Waals surface area contributed by atoms with Crippen molar-refractivity contribution in [3.8, 4) is 5.75 Å². The van der Waals surface area contributed by atoms with Crippen LogP contribution >= 0.6 is 11.8 Å². The predicted molar refractivity (Wildman–Crippen MR) is 202 cm³/mol. The van der Waals surface area contributed by atoms with Gasteiger partial charge in [0, 0.05) is 16.9 Å². The van der Waals surface area contributed by atoms with E-state index in [9.17, 15) is 29.1 Å². The van der Waals surface area contributed by atoms with Crippen LogP contribution < -0.4 is 16.1 Å². The molecule has 0 aromatic heterocycles. The Morgan fingerprint density at radius 1 is 0.868 bits per heavy atom. The lowest BCUT2D eigenvalue weighted by Crippen LogP contribution is -2.60. The number of phenols is 1. The predicted octanol–water partition coefficient (Wildman–Crippen LogP) is 5.54. The zero-order valence-corrected chi connectivity index (χ0v) is 32.0. The molecule has 14 heteroatoms. The molecule has 4 amide bonds. The van der Waals surface area contributed by atoms with Gasteiger partial charge in [0.15, 0.2) is 0 Å². The summed E-state index contributed by atoms with van der Waals surface area (Å²) in [5, 5.41) is 16.7. The Hall–Kier alpha value is -5.24. The summed E-state index contributed by atoms with van der Waals surface area (Å²) in [6.45, 7) is 10.1. The molecule has 3 aromatic rings. The Morgan fingerprint density at radius 3 is 2.08 bits per heavy atom. The van der Waals surface area contributed by atoms with Gasteiger partial charge in [0.1, 0.15) is 17.4 Å². The van der Waals surface area contributed by atoms with Crippen LogP contribution in [-0.2, 0) is 36.8 Å². The molecular formula is C39H50N4O9S. The Bertz CT molecular complexity index is 1680. The number of carbonyl (C=O) groups is 5. The molecule has 286 valence electrons. The molecule has 0 spiro atoms. The summed E-state index contributed by atoms with van der Waals surface area (Å²) in [6, 6.07) is 19.8. The number of hydrogen-bond donors (Lipinski definition) is 4. The molecule has 53 heavy (non-hydrogen) atoms. The van der Waals surface area contributed by atoms with Crippen LogP contribution in [0.15, 0.2) is 78.9 Å². The largest absolute Gasteiger partial charge is 0.509 e. The number of phenolic OH excluding ortho intramolecular Hbond substituents is 1. The summed E-state index contributed by atoms with van der Waals surface area (Å²) >= 11 is 1.30. The van der Waals surface area contributed by atoms with E-state index in [0.29, 0.717) is 11.1 Å². The van der Waals surface area contributed by atoms with E-state index in [1.807, 2.05) is 13.8 Å². The molecule has 0 aliphatic carbocycles. The maximum absolute atomic E-state index is 14.8. The standard InChI is InChI=1S/C39H50N4O9S/c1-25(2)23-50-38(49)51-33(36(47)43(22-28-17-12-9-13-18-28)42-34(45)29-19-14-20-32(44)26(29)3)30(21-27-15-10-8-11-16-27)40-35(46)31(24-53-7)41-37(48)52-39(4,5)6/h8-20,25,30-31,33,44H,21-24H2,1-7H3,(H,40,46)(H,41,48)(H,42,45)/t30-,31-,33-/m0/s1. The number of nitrogens with zero attached hydrogens (tertiary/aromatic N) is 1. The Labute approximate surface area is 315 Å². The highest BCUT2D eigenvalue weighted by atomic mass is 32.2. The average Bonchev–Trinajstić information content (AvgIpc) is 3.10. The number of ether oxygens (including phenoxy) is 3. The monoisotopic (exact) mass is 750 g/mol. The average molecular weight is 751 g/mol.